The van der Waals surface area contributed by atoms with E-state index in [1.165, 1.54) is 6.08 Å². The van der Waals surface area contributed by atoms with E-state index in [0.717, 1.165) is 0 Å². The highest BCUT2D eigenvalue weighted by molar-refractivity contribution is 7.85. The highest BCUT2D eigenvalue weighted by Crippen LogP contribution is 1.91. The van der Waals surface area contributed by atoms with Gasteiger partial charge >= 0.3 is 5.97 Å². The van der Waals surface area contributed by atoms with Crippen molar-refractivity contribution in [2.75, 3.05) is 0 Å². The molecule has 0 atom stereocenters. The summed E-state index contributed by atoms with van der Waals surface area (Å²) in [5.41, 5.74) is 0. The van der Waals surface area contributed by atoms with Crippen molar-refractivity contribution in [2.24, 2.45) is 0 Å². The third-order valence-electron chi connectivity index (χ3n) is 0.338. The quantitative estimate of drug-likeness (QED) is 0.341. The van der Waals surface area contributed by atoms with Crippen LogP contribution in [0.4, 0.5) is 0 Å². The minimum atomic E-state index is -1.07. The molecule has 0 aromatic heterocycles. The molecule has 0 fully saturated rings. The lowest BCUT2D eigenvalue weighted by atomic mass is 10.7. The Balaban J connectivity index is 0. The molecule has 0 aromatic carbocycles. The van der Waals surface area contributed by atoms with Crippen LogP contribution in [0.3, 0.4) is 0 Å². The summed E-state index contributed by atoms with van der Waals surface area (Å²) in [6, 6.07) is 1.69. The largest absolute Gasteiger partial charge is 0.477 e. The number of allylic oxidation sites excluding steroid dienone is 1. The smallest absolute Gasteiger partial charge is 0.341 e. The predicted molar refractivity (Wildman–Crippen MR) is 41.6 cm³/mol. The maximum atomic E-state index is 9.52. The van der Waals surface area contributed by atoms with Crippen LogP contribution in [0.5, 0.6) is 0 Å². The summed E-state index contributed by atoms with van der Waals surface area (Å²) in [7, 11) is 0. The molecule has 0 radical (unpaired) electrons. The Labute approximate surface area is 64.7 Å². The van der Waals surface area contributed by atoms with Crippen molar-refractivity contribution in [1.82, 2.24) is 0 Å². The van der Waals surface area contributed by atoms with E-state index in [2.05, 4.69) is 25.8 Å². The van der Waals surface area contributed by atoms with Crippen LogP contribution in [-0.4, -0.2) is 11.1 Å². The molecule has 0 heterocycles. The Kier molecular flexibility index (Phi) is 9.01. The van der Waals surface area contributed by atoms with Crippen LogP contribution in [0.1, 0.15) is 0 Å². The number of aliphatic carboxylic acids is 1. The molecule has 0 aliphatic heterocycles. The first-order valence-electron chi connectivity index (χ1n) is 2.18. The second-order valence-corrected chi connectivity index (χ2v) is 1.62. The fourth-order valence-electron chi connectivity index (χ4n) is 0. The third kappa shape index (κ3) is 15.8. The fourth-order valence-corrected chi connectivity index (χ4v) is 0. The van der Waals surface area contributed by atoms with Gasteiger partial charge in [0.05, 0.1) is 11.0 Å². The van der Waals surface area contributed by atoms with E-state index in [-0.39, 0.29) is 4.91 Å². The number of rotatable bonds is 1. The van der Waals surface area contributed by atoms with Crippen LogP contribution >= 0.6 is 12.6 Å². The molecule has 0 bridgehead atoms. The summed E-state index contributed by atoms with van der Waals surface area (Å²) in [4.78, 5) is 9.39. The van der Waals surface area contributed by atoms with Crippen molar-refractivity contribution in [3.63, 3.8) is 0 Å². The van der Waals surface area contributed by atoms with Crippen molar-refractivity contribution < 1.29 is 9.90 Å². The van der Waals surface area contributed by atoms with E-state index in [9.17, 15) is 4.79 Å². The SMILES string of the molecule is C=C(S)C(=O)O.C=CC#N. The topological polar surface area (TPSA) is 61.1 Å². The fraction of sp³-hybridized carbons (Fsp3) is 0. The van der Waals surface area contributed by atoms with Gasteiger partial charge in [-0.2, -0.15) is 5.26 Å². The zero-order valence-electron chi connectivity index (χ0n) is 5.24. The number of nitrogens with zero attached hydrogens (tertiary/aromatic N) is 1. The van der Waals surface area contributed by atoms with Crippen molar-refractivity contribution >= 4 is 18.6 Å². The number of hydrogen-bond donors (Lipinski definition) is 2. The Morgan fingerprint density at radius 1 is 1.80 bits per heavy atom. The number of carboxylic acids is 1. The molecule has 0 aromatic rings. The number of hydrogen-bond acceptors (Lipinski definition) is 3. The van der Waals surface area contributed by atoms with Crippen molar-refractivity contribution in [1.29, 1.82) is 5.26 Å². The molecule has 0 spiro atoms. The van der Waals surface area contributed by atoms with Gasteiger partial charge in [0.2, 0.25) is 0 Å². The summed E-state index contributed by atoms with van der Waals surface area (Å²) in [5, 5.41) is 15.3. The van der Waals surface area contributed by atoms with Crippen LogP contribution < -0.4 is 0 Å². The van der Waals surface area contributed by atoms with Crippen molar-refractivity contribution in [3.05, 3.63) is 24.1 Å². The number of carbonyl (C=O) groups is 1. The van der Waals surface area contributed by atoms with Crippen LogP contribution in [0.25, 0.3) is 0 Å². The monoisotopic (exact) mass is 157 g/mol. The average Bonchev–Trinajstić information content (AvgIpc) is 1.89. The summed E-state index contributed by atoms with van der Waals surface area (Å²) in [6.07, 6.45) is 1.18. The molecule has 0 amide bonds. The zero-order chi connectivity index (χ0) is 8.57. The van der Waals surface area contributed by atoms with Gasteiger partial charge in [-0.1, -0.05) is 13.2 Å². The van der Waals surface area contributed by atoms with Crippen molar-refractivity contribution in [3.8, 4) is 6.07 Å². The first kappa shape index (κ1) is 11.6. The van der Waals surface area contributed by atoms with Gasteiger partial charge in [-0.05, 0) is 0 Å². The van der Waals surface area contributed by atoms with Gasteiger partial charge in [0, 0.05) is 6.08 Å². The lowest BCUT2D eigenvalue weighted by Gasteiger charge is -1.78. The molecular weight excluding hydrogens is 150 g/mol. The normalized spacial score (nSPS) is 6.00. The molecule has 0 rings (SSSR count). The van der Waals surface area contributed by atoms with Gasteiger partial charge < -0.3 is 5.11 Å². The summed E-state index contributed by atoms with van der Waals surface area (Å²) in [6.45, 7) is 6.14. The van der Waals surface area contributed by atoms with Gasteiger partial charge in [-0.15, -0.1) is 12.6 Å². The van der Waals surface area contributed by atoms with E-state index in [1.807, 2.05) is 0 Å². The molecule has 54 valence electrons. The Morgan fingerprint density at radius 3 is 2.00 bits per heavy atom. The van der Waals surface area contributed by atoms with Gasteiger partial charge in [-0.25, -0.2) is 4.79 Å². The van der Waals surface area contributed by atoms with Gasteiger partial charge in [0.25, 0.3) is 0 Å². The molecule has 0 unspecified atom stereocenters. The molecular formula is C6H7NO2S. The first-order chi connectivity index (χ1) is 4.56. The lowest BCUT2D eigenvalue weighted by Crippen LogP contribution is -1.89. The van der Waals surface area contributed by atoms with E-state index < -0.39 is 5.97 Å². The second kappa shape index (κ2) is 7.79. The van der Waals surface area contributed by atoms with Gasteiger partial charge in [-0.3, -0.25) is 0 Å². The Bertz CT molecular complexity index is 169. The van der Waals surface area contributed by atoms with Crippen LogP contribution in [0.2, 0.25) is 0 Å². The maximum Gasteiger partial charge on any atom is 0.341 e. The summed E-state index contributed by atoms with van der Waals surface area (Å²) >= 11 is 3.40. The molecule has 4 heteroatoms. The third-order valence-corrected chi connectivity index (χ3v) is 0.529. The first-order valence-corrected chi connectivity index (χ1v) is 2.62. The average molecular weight is 157 g/mol. The van der Waals surface area contributed by atoms with E-state index in [4.69, 9.17) is 10.4 Å². The second-order valence-electron chi connectivity index (χ2n) is 1.09. The molecule has 3 nitrogen and oxygen atoms in total. The number of thiol groups is 1. The van der Waals surface area contributed by atoms with E-state index in [0.29, 0.717) is 0 Å². The standard InChI is InChI=1S/C3H3N.C3H4O2S/c1-2-3-4;1-2(6)3(4)5/h2H,1H2;6H,1H2,(H,4,5). The minimum absolute atomic E-state index is 0.130. The minimum Gasteiger partial charge on any atom is -0.477 e. The molecule has 0 saturated carbocycles. The highest BCUT2D eigenvalue weighted by Gasteiger charge is 1.91. The Morgan fingerprint density at radius 2 is 2.00 bits per heavy atom. The lowest BCUT2D eigenvalue weighted by molar-refractivity contribution is -0.131. The number of carboxylic acid groups (broad SMARTS) is 1. The van der Waals surface area contributed by atoms with Crippen LogP contribution in [-0.2, 0) is 4.79 Å². The summed E-state index contributed by atoms with van der Waals surface area (Å²) < 4.78 is 0. The zero-order valence-corrected chi connectivity index (χ0v) is 6.14. The summed E-state index contributed by atoms with van der Waals surface area (Å²) in [5.74, 6) is -1.07. The molecule has 0 aliphatic carbocycles. The molecule has 0 saturated heterocycles. The van der Waals surface area contributed by atoms with Crippen LogP contribution in [0, 0.1) is 11.3 Å². The van der Waals surface area contributed by atoms with Gasteiger partial charge in [0.1, 0.15) is 0 Å². The van der Waals surface area contributed by atoms with E-state index >= 15 is 0 Å². The molecule has 1 N–H and O–H groups in total. The highest BCUT2D eigenvalue weighted by atomic mass is 32.1. The van der Waals surface area contributed by atoms with E-state index in [1.54, 1.807) is 6.07 Å². The van der Waals surface area contributed by atoms with Crippen LogP contribution in [0.15, 0.2) is 24.1 Å². The molecule has 10 heavy (non-hydrogen) atoms. The number of nitriles is 1. The predicted octanol–water partition coefficient (Wildman–Crippen LogP) is 1.21. The Hall–Kier alpha value is -1.21. The molecule has 0 aliphatic rings. The van der Waals surface area contributed by atoms with Gasteiger partial charge in [0.15, 0.2) is 0 Å². The maximum absolute atomic E-state index is 9.52. The van der Waals surface area contributed by atoms with Crippen molar-refractivity contribution in [2.45, 2.75) is 0 Å².